The molecular formula is C56H73N7O4. The first kappa shape index (κ1) is 50.6. The number of nitrogens with one attached hydrogen (secondary N) is 6. The molecule has 0 aliphatic carbocycles. The van der Waals surface area contributed by atoms with Crippen LogP contribution in [0, 0.1) is 0 Å². The van der Waals surface area contributed by atoms with E-state index in [0.717, 1.165) is 87.9 Å². The number of phenols is 4. The largest absolute Gasteiger partial charge is 0.508 e. The summed E-state index contributed by atoms with van der Waals surface area (Å²) in [5.41, 5.74) is 13.4. The van der Waals surface area contributed by atoms with Gasteiger partial charge in [0, 0.05) is 75.5 Å². The van der Waals surface area contributed by atoms with Crippen LogP contribution < -0.4 is 37.6 Å². The number of hydrogen-bond acceptors (Lipinski definition) is 11. The van der Waals surface area contributed by atoms with Crippen LogP contribution in [0.15, 0.2) is 158 Å². The molecule has 6 atom stereocenters. The van der Waals surface area contributed by atoms with Crippen molar-refractivity contribution < 1.29 is 20.4 Å². The molecular weight excluding hydrogens is 835 g/mol. The van der Waals surface area contributed by atoms with E-state index >= 15 is 0 Å². The van der Waals surface area contributed by atoms with Gasteiger partial charge in [0.1, 0.15) is 23.0 Å². The molecule has 0 aliphatic rings. The van der Waals surface area contributed by atoms with Crippen LogP contribution in [0.3, 0.4) is 0 Å². The Morgan fingerprint density at radius 2 is 0.537 bits per heavy atom. The number of aromatic hydroxyl groups is 4. The third-order valence-electron chi connectivity index (χ3n) is 12.4. The number of benzene rings is 6. The fourth-order valence-electron chi connectivity index (χ4n) is 8.62. The summed E-state index contributed by atoms with van der Waals surface area (Å²) in [4.78, 5) is 0. The summed E-state index contributed by atoms with van der Waals surface area (Å²) in [6.07, 6.45) is 4.82. The molecule has 0 saturated carbocycles. The van der Waals surface area contributed by atoms with E-state index in [4.69, 9.17) is 5.73 Å². The molecule has 0 aromatic heterocycles. The molecule has 0 amide bonds. The maximum Gasteiger partial charge on any atom is 0.115 e. The Bertz CT molecular complexity index is 2230. The Kier molecular flexibility index (Phi) is 21.0. The molecule has 11 nitrogen and oxygen atoms in total. The molecule has 0 unspecified atom stereocenters. The minimum Gasteiger partial charge on any atom is -0.508 e. The number of nitrogens with two attached hydrogens (primary N) is 1. The van der Waals surface area contributed by atoms with Crippen molar-refractivity contribution in [2.75, 3.05) is 45.8 Å². The number of likely N-dealkylation sites (N-methyl/N-ethyl adjacent to an activating group) is 1. The molecule has 67 heavy (non-hydrogen) atoms. The van der Waals surface area contributed by atoms with Crippen LogP contribution >= 0.6 is 0 Å². The molecule has 0 saturated heterocycles. The van der Waals surface area contributed by atoms with Crippen LogP contribution in [-0.2, 0) is 38.5 Å². The summed E-state index contributed by atoms with van der Waals surface area (Å²) >= 11 is 0. The van der Waals surface area contributed by atoms with Crippen molar-refractivity contribution in [3.8, 4) is 23.0 Å². The van der Waals surface area contributed by atoms with Crippen molar-refractivity contribution in [3.05, 3.63) is 191 Å². The van der Waals surface area contributed by atoms with Crippen molar-refractivity contribution in [2.24, 2.45) is 5.73 Å². The van der Waals surface area contributed by atoms with Crippen molar-refractivity contribution in [3.63, 3.8) is 0 Å². The van der Waals surface area contributed by atoms with Crippen molar-refractivity contribution >= 4 is 0 Å². The van der Waals surface area contributed by atoms with Gasteiger partial charge in [-0.2, -0.15) is 0 Å². The van der Waals surface area contributed by atoms with E-state index in [1.54, 1.807) is 48.5 Å². The van der Waals surface area contributed by atoms with Crippen molar-refractivity contribution in [2.45, 2.75) is 81.7 Å². The highest BCUT2D eigenvalue weighted by molar-refractivity contribution is 5.29. The summed E-state index contributed by atoms with van der Waals surface area (Å²) in [5.74, 6) is 1.03. The number of hydrogen-bond donors (Lipinski definition) is 11. The summed E-state index contributed by atoms with van der Waals surface area (Å²) in [7, 11) is 0. The van der Waals surface area contributed by atoms with E-state index in [1.165, 1.54) is 16.7 Å². The van der Waals surface area contributed by atoms with E-state index in [-0.39, 0.29) is 59.2 Å². The number of rotatable bonds is 30. The molecule has 6 aromatic rings. The summed E-state index contributed by atoms with van der Waals surface area (Å²) < 4.78 is 0. The second kappa shape index (κ2) is 27.8. The van der Waals surface area contributed by atoms with Crippen LogP contribution in [0.4, 0.5) is 0 Å². The number of phenolic OH excluding ortho intramolecular Hbond substituents is 4. The first-order chi connectivity index (χ1) is 32.7. The van der Waals surface area contributed by atoms with Crippen LogP contribution in [0.25, 0.3) is 0 Å². The Morgan fingerprint density at radius 1 is 0.313 bits per heavy atom. The van der Waals surface area contributed by atoms with E-state index in [9.17, 15) is 20.4 Å². The van der Waals surface area contributed by atoms with Crippen LogP contribution in [0.2, 0.25) is 0 Å². The highest BCUT2D eigenvalue weighted by atomic mass is 16.3. The lowest BCUT2D eigenvalue weighted by atomic mass is 10.0. The first-order valence-corrected chi connectivity index (χ1v) is 24.0. The van der Waals surface area contributed by atoms with Crippen LogP contribution in [0.5, 0.6) is 23.0 Å². The quantitative estimate of drug-likeness (QED) is 0.0256. The topological polar surface area (TPSA) is 179 Å². The van der Waals surface area contributed by atoms with Crippen LogP contribution in [0.1, 0.15) is 40.3 Å². The van der Waals surface area contributed by atoms with Gasteiger partial charge in [-0.25, -0.2) is 0 Å². The van der Waals surface area contributed by atoms with Gasteiger partial charge in [-0.1, -0.05) is 116 Å². The van der Waals surface area contributed by atoms with Gasteiger partial charge in [0.2, 0.25) is 0 Å². The Morgan fingerprint density at radius 3 is 0.791 bits per heavy atom. The van der Waals surface area contributed by atoms with Gasteiger partial charge in [-0.15, -0.1) is 0 Å². The summed E-state index contributed by atoms with van der Waals surface area (Å²) in [6.45, 7) is 7.09. The average Bonchev–Trinajstić information content (AvgIpc) is 3.34. The second-order valence-corrected chi connectivity index (χ2v) is 17.9. The molecule has 12 N–H and O–H groups in total. The summed E-state index contributed by atoms with van der Waals surface area (Å²) in [5, 5.41) is 63.1. The van der Waals surface area contributed by atoms with E-state index in [2.05, 4.69) is 99.5 Å². The fourth-order valence-corrected chi connectivity index (χ4v) is 8.62. The van der Waals surface area contributed by atoms with Gasteiger partial charge in [-0.3, -0.25) is 0 Å². The second-order valence-electron chi connectivity index (χ2n) is 17.9. The molecule has 0 heterocycles. The SMILES string of the molecule is CCN[C@H](CN[C@H](CN[C@H](CN[C@H](CN[C@H](CN[C@H](CN)Cc1ccc(O)cc1)Cc1ccc(O)cc1)Cc1ccccc1)Cc1ccccc1)Cc1ccc(O)cc1)Cc1ccc(O)cc1. The standard InChI is InChI=1S/C56H73N7O4/c1-2-58-48(32-44-15-23-54(65)24-16-44)36-60-52(34-46-19-27-56(67)28-20-46)40-62-49(30-41-9-5-3-6-10-41)38-61-50(31-42-11-7-4-8-12-42)39-63-51(33-45-17-25-55(66)26-18-45)37-59-47(35-57)29-43-13-21-53(64)22-14-43/h3-28,47-52,58-67H,2,29-40,57H2,1H3/t47-,48-,49-,50-,51-,52-/m0/s1. The van der Waals surface area contributed by atoms with Crippen molar-refractivity contribution in [1.29, 1.82) is 0 Å². The Hall–Kier alpha value is -5.76. The zero-order valence-electron chi connectivity index (χ0n) is 39.0. The van der Waals surface area contributed by atoms with Gasteiger partial charge in [0.05, 0.1) is 0 Å². The van der Waals surface area contributed by atoms with E-state index in [0.29, 0.717) is 13.1 Å². The maximum absolute atomic E-state index is 10.1. The Labute approximate surface area is 398 Å². The monoisotopic (exact) mass is 908 g/mol. The van der Waals surface area contributed by atoms with Gasteiger partial charge in [0.25, 0.3) is 0 Å². The van der Waals surface area contributed by atoms with Gasteiger partial charge in [-0.05, 0) is 127 Å². The zero-order valence-corrected chi connectivity index (χ0v) is 39.0. The molecule has 0 radical (unpaired) electrons. The minimum atomic E-state index is 0.0529. The highest BCUT2D eigenvalue weighted by Gasteiger charge is 2.21. The predicted molar refractivity (Wildman–Crippen MR) is 273 cm³/mol. The molecule has 0 bridgehead atoms. The van der Waals surface area contributed by atoms with Crippen LogP contribution in [-0.4, -0.2) is 102 Å². The third-order valence-corrected chi connectivity index (χ3v) is 12.4. The zero-order chi connectivity index (χ0) is 47.1. The highest BCUT2D eigenvalue weighted by Crippen LogP contribution is 2.16. The molecule has 356 valence electrons. The molecule has 0 spiro atoms. The normalized spacial score (nSPS) is 14.2. The van der Waals surface area contributed by atoms with E-state index in [1.807, 2.05) is 48.5 Å². The van der Waals surface area contributed by atoms with Gasteiger partial charge < -0.3 is 58.1 Å². The lowest BCUT2D eigenvalue weighted by Crippen LogP contribution is -2.53. The van der Waals surface area contributed by atoms with Gasteiger partial charge >= 0.3 is 0 Å². The minimum absolute atomic E-state index is 0.0529. The lowest BCUT2D eigenvalue weighted by molar-refractivity contribution is 0.360. The molecule has 0 aliphatic heterocycles. The van der Waals surface area contributed by atoms with E-state index < -0.39 is 0 Å². The average molecular weight is 908 g/mol. The predicted octanol–water partition coefficient (Wildman–Crippen LogP) is 5.99. The summed E-state index contributed by atoms with van der Waals surface area (Å²) in [6, 6.07) is 51.8. The van der Waals surface area contributed by atoms with Gasteiger partial charge in [0.15, 0.2) is 0 Å². The third kappa shape index (κ3) is 18.8. The maximum atomic E-state index is 10.1. The fraction of sp³-hybridized carbons (Fsp3) is 0.357. The Balaban J connectivity index is 1.16. The van der Waals surface area contributed by atoms with Crippen molar-refractivity contribution in [1.82, 2.24) is 31.9 Å². The first-order valence-electron chi connectivity index (χ1n) is 24.0. The lowest BCUT2D eigenvalue weighted by Gasteiger charge is -2.30. The molecule has 11 heteroatoms. The smallest absolute Gasteiger partial charge is 0.115 e. The molecule has 6 aromatic carbocycles. The molecule has 6 rings (SSSR count). The molecule has 0 fully saturated rings.